The fourth-order valence-corrected chi connectivity index (χ4v) is 3.72. The molecule has 2 heterocycles. The lowest BCUT2D eigenvalue weighted by molar-refractivity contribution is -0.133. The minimum absolute atomic E-state index is 0.0795. The summed E-state index contributed by atoms with van der Waals surface area (Å²) in [6, 6.07) is 17.2. The number of Topliss-reactive ketones (excluding diaryl/α,β-unsaturated/α-hetero) is 3. The number of carbonyl (C=O) groups is 3. The van der Waals surface area contributed by atoms with E-state index in [2.05, 4.69) is 0 Å². The number of hydrogen-bond acceptors (Lipinski definition) is 5. The summed E-state index contributed by atoms with van der Waals surface area (Å²) < 4.78 is 11.1. The van der Waals surface area contributed by atoms with E-state index in [1.807, 2.05) is 0 Å². The van der Waals surface area contributed by atoms with Crippen LogP contribution in [0.15, 0.2) is 83.6 Å². The number of methoxy groups -OCH3 is 1. The van der Waals surface area contributed by atoms with Gasteiger partial charge in [0.2, 0.25) is 5.78 Å². The second-order valence-corrected chi connectivity index (χ2v) is 6.86. The molecule has 0 saturated heterocycles. The number of rotatable bonds is 5. The Balaban J connectivity index is 1.93. The predicted octanol–water partition coefficient (Wildman–Crippen LogP) is 3.32. The highest BCUT2D eigenvalue weighted by atomic mass is 16.5. The molecule has 5 heteroatoms. The number of fused-ring (bicyclic) bond motifs is 2. The number of carbonyl (C=O) groups excluding carboxylic acids is 3. The maximum absolute atomic E-state index is 13.4. The fourth-order valence-electron chi connectivity index (χ4n) is 3.72. The molecule has 4 rings (SSSR count). The van der Waals surface area contributed by atoms with E-state index in [1.165, 1.54) is 13.2 Å². The molecule has 0 aromatic heterocycles. The van der Waals surface area contributed by atoms with E-state index in [0.717, 1.165) is 0 Å². The molecule has 5 nitrogen and oxygen atoms in total. The molecule has 140 valence electrons. The summed E-state index contributed by atoms with van der Waals surface area (Å²) >= 11 is 0. The predicted molar refractivity (Wildman–Crippen MR) is 102 cm³/mol. The Labute approximate surface area is 162 Å². The Morgan fingerprint density at radius 2 is 1.46 bits per heavy atom. The molecular formula is C23H18O5. The van der Waals surface area contributed by atoms with Crippen LogP contribution < -0.4 is 0 Å². The molecule has 0 aliphatic carbocycles. The second kappa shape index (κ2) is 6.69. The maximum Gasteiger partial charge on any atom is 0.230 e. The van der Waals surface area contributed by atoms with Gasteiger partial charge in [-0.3, -0.25) is 14.4 Å². The smallest absolute Gasteiger partial charge is 0.230 e. The molecule has 0 spiro atoms. The van der Waals surface area contributed by atoms with Crippen molar-refractivity contribution in [2.75, 3.05) is 7.11 Å². The molecule has 2 atom stereocenters. The zero-order chi connectivity index (χ0) is 19.9. The van der Waals surface area contributed by atoms with E-state index in [-0.39, 0.29) is 22.7 Å². The van der Waals surface area contributed by atoms with E-state index < -0.39 is 23.3 Å². The Bertz CT molecular complexity index is 1030. The van der Waals surface area contributed by atoms with Crippen LogP contribution in [0.5, 0.6) is 0 Å². The fraction of sp³-hybridized carbons (Fsp3) is 0.174. The summed E-state index contributed by atoms with van der Waals surface area (Å²) in [5.41, 5.74) is -0.152. The zero-order valence-corrected chi connectivity index (χ0v) is 15.5. The average molecular weight is 374 g/mol. The first kappa shape index (κ1) is 18.1. The number of benzene rings is 2. The van der Waals surface area contributed by atoms with Gasteiger partial charge >= 0.3 is 0 Å². The largest absolute Gasteiger partial charge is 0.493 e. The van der Waals surface area contributed by atoms with Crippen molar-refractivity contribution in [3.8, 4) is 0 Å². The van der Waals surface area contributed by atoms with Crippen molar-refractivity contribution in [2.45, 2.75) is 18.6 Å². The van der Waals surface area contributed by atoms with Crippen LogP contribution in [-0.4, -0.2) is 36.2 Å². The molecule has 2 unspecified atom stereocenters. The summed E-state index contributed by atoms with van der Waals surface area (Å²) in [5.74, 6) is -1.11. The number of ether oxygens (including phenoxy) is 2. The molecule has 0 amide bonds. The van der Waals surface area contributed by atoms with Crippen LogP contribution in [0.4, 0.5) is 0 Å². The molecule has 2 aromatic carbocycles. The van der Waals surface area contributed by atoms with Gasteiger partial charge in [-0.05, 0) is 13.0 Å². The zero-order valence-electron chi connectivity index (χ0n) is 15.5. The van der Waals surface area contributed by atoms with Crippen LogP contribution >= 0.6 is 0 Å². The van der Waals surface area contributed by atoms with Crippen LogP contribution in [0.1, 0.15) is 27.6 Å². The van der Waals surface area contributed by atoms with Gasteiger partial charge in [0, 0.05) is 22.3 Å². The van der Waals surface area contributed by atoms with Gasteiger partial charge in [0.1, 0.15) is 5.60 Å². The minimum atomic E-state index is -1.23. The first-order chi connectivity index (χ1) is 13.5. The van der Waals surface area contributed by atoms with Crippen LogP contribution in [0.3, 0.4) is 0 Å². The van der Waals surface area contributed by atoms with Gasteiger partial charge in [0.25, 0.3) is 0 Å². The highest BCUT2D eigenvalue weighted by molar-refractivity contribution is 6.24. The molecule has 2 bridgehead atoms. The third kappa shape index (κ3) is 2.72. The van der Waals surface area contributed by atoms with Crippen molar-refractivity contribution in [1.82, 2.24) is 0 Å². The molecule has 2 aromatic rings. The first-order valence-corrected chi connectivity index (χ1v) is 8.89. The molecule has 2 aliphatic heterocycles. The number of ketones is 3. The Hall–Kier alpha value is -3.31. The standard InChI is InChI=1S/C23H18O5/c1-23-13-16(27-2)21(26)22(28-23)17(19(24)14-9-5-3-6-10-14)18(23)20(25)15-11-7-4-8-12-15/h3-13,22H,1-2H3. The monoisotopic (exact) mass is 374 g/mol. The van der Waals surface area contributed by atoms with E-state index in [9.17, 15) is 14.4 Å². The van der Waals surface area contributed by atoms with Gasteiger partial charge in [0.15, 0.2) is 23.4 Å². The van der Waals surface area contributed by atoms with E-state index in [0.29, 0.717) is 11.1 Å². The van der Waals surface area contributed by atoms with Gasteiger partial charge in [0.05, 0.1) is 7.11 Å². The quantitative estimate of drug-likeness (QED) is 0.751. The molecule has 0 radical (unpaired) electrons. The molecular weight excluding hydrogens is 356 g/mol. The first-order valence-electron chi connectivity index (χ1n) is 8.89. The SMILES string of the molecule is COC1=CC2(C)OC(C1=O)C(C(=O)c1ccccc1)=C2C(=O)c1ccccc1. The molecule has 28 heavy (non-hydrogen) atoms. The Morgan fingerprint density at radius 3 is 2.00 bits per heavy atom. The second-order valence-electron chi connectivity index (χ2n) is 6.86. The highest BCUT2D eigenvalue weighted by Crippen LogP contribution is 2.45. The van der Waals surface area contributed by atoms with Gasteiger partial charge in [-0.2, -0.15) is 0 Å². The molecule has 0 fully saturated rings. The summed E-state index contributed by atoms with van der Waals surface area (Å²) in [7, 11) is 1.38. The van der Waals surface area contributed by atoms with Gasteiger partial charge < -0.3 is 9.47 Å². The Morgan fingerprint density at radius 1 is 0.929 bits per heavy atom. The van der Waals surface area contributed by atoms with Crippen LogP contribution in [0, 0.1) is 0 Å². The van der Waals surface area contributed by atoms with Gasteiger partial charge in [-0.25, -0.2) is 0 Å². The van der Waals surface area contributed by atoms with Gasteiger partial charge in [-0.15, -0.1) is 0 Å². The lowest BCUT2D eigenvalue weighted by atomic mass is 9.85. The van der Waals surface area contributed by atoms with Crippen molar-refractivity contribution in [3.05, 3.63) is 94.8 Å². The van der Waals surface area contributed by atoms with Crippen LogP contribution in [0.25, 0.3) is 0 Å². The van der Waals surface area contributed by atoms with E-state index >= 15 is 0 Å². The van der Waals surface area contributed by atoms with Crippen molar-refractivity contribution >= 4 is 17.3 Å². The van der Waals surface area contributed by atoms with Crippen molar-refractivity contribution in [3.63, 3.8) is 0 Å². The summed E-state index contributed by atoms with van der Waals surface area (Å²) in [6.07, 6.45) is 0.313. The van der Waals surface area contributed by atoms with Crippen molar-refractivity contribution < 1.29 is 23.9 Å². The van der Waals surface area contributed by atoms with E-state index in [1.54, 1.807) is 67.6 Å². The number of hydrogen-bond donors (Lipinski definition) is 0. The maximum atomic E-state index is 13.4. The Kier molecular flexibility index (Phi) is 4.32. The van der Waals surface area contributed by atoms with Crippen molar-refractivity contribution in [1.29, 1.82) is 0 Å². The van der Waals surface area contributed by atoms with E-state index in [4.69, 9.17) is 9.47 Å². The van der Waals surface area contributed by atoms with Gasteiger partial charge in [-0.1, -0.05) is 60.7 Å². The minimum Gasteiger partial charge on any atom is -0.493 e. The molecule has 0 N–H and O–H groups in total. The third-order valence-electron chi connectivity index (χ3n) is 5.04. The lowest BCUT2D eigenvalue weighted by Crippen LogP contribution is -2.38. The van der Waals surface area contributed by atoms with Crippen molar-refractivity contribution in [2.24, 2.45) is 0 Å². The average Bonchev–Trinajstić information content (AvgIpc) is 3.00. The van der Waals surface area contributed by atoms with Crippen LogP contribution in [-0.2, 0) is 14.3 Å². The summed E-state index contributed by atoms with van der Waals surface area (Å²) in [5, 5.41) is 0. The summed E-state index contributed by atoms with van der Waals surface area (Å²) in [4.78, 5) is 39.5. The normalized spacial score (nSPS) is 23.4. The topological polar surface area (TPSA) is 69.7 Å². The molecule has 0 saturated carbocycles. The summed E-state index contributed by atoms with van der Waals surface area (Å²) in [6.45, 7) is 1.67. The molecule has 2 aliphatic rings. The third-order valence-corrected chi connectivity index (χ3v) is 5.04. The highest BCUT2D eigenvalue weighted by Gasteiger charge is 2.54. The lowest BCUT2D eigenvalue weighted by Gasteiger charge is -2.28. The van der Waals surface area contributed by atoms with Crippen LogP contribution in [0.2, 0.25) is 0 Å².